The van der Waals surface area contributed by atoms with E-state index in [0.29, 0.717) is 36.7 Å². The third kappa shape index (κ3) is 4.04. The maximum absolute atomic E-state index is 14.8. The maximum Gasteiger partial charge on any atom is 0.246 e. The molecule has 1 amide bonds. The summed E-state index contributed by atoms with van der Waals surface area (Å²) in [6, 6.07) is 4.89. The zero-order valence-electron chi connectivity index (χ0n) is 19.9. The van der Waals surface area contributed by atoms with Gasteiger partial charge in [0.05, 0.1) is 40.4 Å². The van der Waals surface area contributed by atoms with Crippen LogP contribution in [0.5, 0.6) is 0 Å². The molecule has 0 bridgehead atoms. The molecule has 1 aliphatic rings. The Bertz CT molecular complexity index is 1670. The summed E-state index contributed by atoms with van der Waals surface area (Å²) in [6.45, 7) is 3.95. The SMILES string of the molecule is C=CC(=O)N1C[C@@H](n2nc(C#Cc3cc4ncn(C)c4c(F)c3F)c3c(N)nccc32)C[C@@H]1CCC#N. The number of imidazole rings is 1. The summed E-state index contributed by atoms with van der Waals surface area (Å²) < 4.78 is 32.6. The first-order chi connectivity index (χ1) is 17.8. The number of nitrogens with zero attached hydrogens (tertiary/aromatic N) is 7. The quantitative estimate of drug-likeness (QED) is 0.340. The number of rotatable bonds is 4. The average Bonchev–Trinajstić information content (AvgIpc) is 3.59. The third-order valence-corrected chi connectivity index (χ3v) is 6.63. The summed E-state index contributed by atoms with van der Waals surface area (Å²) in [5.41, 5.74) is 7.25. The molecule has 186 valence electrons. The molecule has 5 rings (SSSR count). The summed E-state index contributed by atoms with van der Waals surface area (Å²) in [5, 5.41) is 14.2. The summed E-state index contributed by atoms with van der Waals surface area (Å²) >= 11 is 0. The second kappa shape index (κ2) is 9.36. The highest BCUT2D eigenvalue weighted by atomic mass is 19.2. The number of aryl methyl sites for hydroxylation is 1. The molecule has 2 atom stereocenters. The molecule has 4 heterocycles. The Balaban J connectivity index is 1.58. The maximum atomic E-state index is 14.8. The molecule has 2 N–H and O–H groups in total. The Kier molecular flexibility index (Phi) is 6.06. The Morgan fingerprint density at radius 3 is 2.89 bits per heavy atom. The molecule has 1 aromatic carbocycles. The summed E-state index contributed by atoms with van der Waals surface area (Å²) in [5.74, 6) is 3.39. The standard InChI is InChI=1S/C26H22F2N8O/c1-3-21(37)35-13-17(12-16(35)5-4-9-29)36-20-8-10-31-26(30)22(20)18(33-36)7-6-15-11-19-25(24(28)23(15)27)34(2)14-32-19/h3,8,10-11,14,16-17H,1,4-5,12-13H2,2H3,(H2,30,31)/t16-,17-/m0/s1. The van der Waals surface area contributed by atoms with Crippen LogP contribution in [0.3, 0.4) is 0 Å². The van der Waals surface area contributed by atoms with Gasteiger partial charge >= 0.3 is 0 Å². The van der Waals surface area contributed by atoms with Crippen molar-refractivity contribution in [3.8, 4) is 17.9 Å². The number of pyridine rings is 1. The van der Waals surface area contributed by atoms with Crippen LogP contribution in [-0.4, -0.2) is 47.7 Å². The Hall–Kier alpha value is -4.77. The van der Waals surface area contributed by atoms with E-state index in [1.807, 2.05) is 0 Å². The van der Waals surface area contributed by atoms with Crippen LogP contribution in [-0.2, 0) is 11.8 Å². The third-order valence-electron chi connectivity index (χ3n) is 6.63. The van der Waals surface area contributed by atoms with Crippen LogP contribution >= 0.6 is 0 Å². The van der Waals surface area contributed by atoms with E-state index in [4.69, 9.17) is 11.0 Å². The van der Waals surface area contributed by atoms with Crippen LogP contribution in [0.25, 0.3) is 21.9 Å². The average molecular weight is 501 g/mol. The normalized spacial score (nSPS) is 17.1. The fourth-order valence-corrected chi connectivity index (χ4v) is 4.90. The topological polar surface area (TPSA) is 119 Å². The molecule has 9 nitrogen and oxygen atoms in total. The lowest BCUT2D eigenvalue weighted by molar-refractivity contribution is -0.126. The van der Waals surface area contributed by atoms with Crippen LogP contribution in [0.2, 0.25) is 0 Å². The van der Waals surface area contributed by atoms with Gasteiger partial charge in [-0.1, -0.05) is 12.5 Å². The van der Waals surface area contributed by atoms with E-state index in [-0.39, 0.29) is 46.1 Å². The number of nitrogens with two attached hydrogens (primary N) is 1. The number of hydrogen-bond donors (Lipinski definition) is 1. The molecule has 11 heteroatoms. The number of carbonyl (C=O) groups excluding carboxylic acids is 1. The lowest BCUT2D eigenvalue weighted by atomic mass is 10.1. The highest BCUT2D eigenvalue weighted by Gasteiger charge is 2.36. The van der Waals surface area contributed by atoms with Gasteiger partial charge in [0.2, 0.25) is 5.91 Å². The van der Waals surface area contributed by atoms with Crippen LogP contribution in [0, 0.1) is 34.8 Å². The van der Waals surface area contributed by atoms with Crippen LogP contribution in [0.1, 0.15) is 36.6 Å². The van der Waals surface area contributed by atoms with Crippen molar-refractivity contribution in [3.63, 3.8) is 0 Å². The van der Waals surface area contributed by atoms with E-state index < -0.39 is 11.6 Å². The van der Waals surface area contributed by atoms with Gasteiger partial charge in [0.1, 0.15) is 17.0 Å². The van der Waals surface area contributed by atoms with Gasteiger partial charge in [-0.05, 0) is 37.0 Å². The molecular weight excluding hydrogens is 478 g/mol. The second-order valence-electron chi connectivity index (χ2n) is 8.84. The number of aromatic nitrogens is 5. The smallest absolute Gasteiger partial charge is 0.246 e. The number of carbonyl (C=O) groups is 1. The molecule has 1 fully saturated rings. The van der Waals surface area contributed by atoms with Crippen molar-refractivity contribution >= 4 is 33.7 Å². The van der Waals surface area contributed by atoms with Gasteiger partial charge in [-0.2, -0.15) is 10.4 Å². The predicted octanol–water partition coefficient (Wildman–Crippen LogP) is 3.21. The van der Waals surface area contributed by atoms with Crippen molar-refractivity contribution < 1.29 is 13.6 Å². The Labute approximate surface area is 210 Å². The molecule has 0 aliphatic carbocycles. The van der Waals surface area contributed by atoms with Gasteiger partial charge in [0, 0.05) is 32.3 Å². The van der Waals surface area contributed by atoms with E-state index in [1.54, 1.807) is 28.9 Å². The lowest BCUT2D eigenvalue weighted by Crippen LogP contribution is -2.34. The number of hydrogen-bond acceptors (Lipinski definition) is 6. The Morgan fingerprint density at radius 1 is 1.32 bits per heavy atom. The van der Waals surface area contributed by atoms with Gasteiger partial charge < -0.3 is 15.2 Å². The minimum atomic E-state index is -1.08. The van der Waals surface area contributed by atoms with Crippen LogP contribution < -0.4 is 5.73 Å². The number of fused-ring (bicyclic) bond motifs is 2. The molecular formula is C26H22F2N8O. The van der Waals surface area contributed by atoms with E-state index >= 15 is 0 Å². The molecule has 0 saturated carbocycles. The van der Waals surface area contributed by atoms with Crippen molar-refractivity contribution in [3.05, 3.63) is 60.2 Å². The van der Waals surface area contributed by atoms with Gasteiger partial charge in [-0.3, -0.25) is 9.48 Å². The summed E-state index contributed by atoms with van der Waals surface area (Å²) in [7, 11) is 1.58. The highest BCUT2D eigenvalue weighted by Crippen LogP contribution is 2.34. The second-order valence-corrected chi connectivity index (χ2v) is 8.84. The number of nitrogen functional groups attached to an aromatic ring is 1. The molecule has 3 aromatic heterocycles. The number of anilines is 1. The number of amides is 1. The Morgan fingerprint density at radius 2 is 2.14 bits per heavy atom. The minimum Gasteiger partial charge on any atom is -0.383 e. The highest BCUT2D eigenvalue weighted by molar-refractivity contribution is 5.93. The van der Waals surface area contributed by atoms with Crippen LogP contribution in [0.4, 0.5) is 14.6 Å². The zero-order chi connectivity index (χ0) is 26.3. The van der Waals surface area contributed by atoms with E-state index in [1.165, 1.54) is 23.0 Å². The van der Waals surface area contributed by atoms with Crippen molar-refractivity contribution in [2.45, 2.75) is 31.3 Å². The minimum absolute atomic E-state index is 0.0528. The molecule has 1 aliphatic heterocycles. The van der Waals surface area contributed by atoms with E-state index in [2.05, 4.69) is 39.6 Å². The van der Waals surface area contributed by atoms with E-state index in [9.17, 15) is 13.6 Å². The molecule has 1 saturated heterocycles. The lowest BCUT2D eigenvalue weighted by Gasteiger charge is -2.22. The van der Waals surface area contributed by atoms with Crippen LogP contribution in [0.15, 0.2) is 37.3 Å². The number of benzene rings is 1. The number of likely N-dealkylation sites (tertiary alicyclic amines) is 1. The fraction of sp³-hybridized carbons (Fsp3) is 0.269. The van der Waals surface area contributed by atoms with Crippen molar-refractivity contribution in [1.29, 1.82) is 5.26 Å². The first-order valence-corrected chi connectivity index (χ1v) is 11.6. The number of nitriles is 1. The fourth-order valence-electron chi connectivity index (χ4n) is 4.90. The number of halogens is 2. The molecule has 37 heavy (non-hydrogen) atoms. The van der Waals surface area contributed by atoms with Gasteiger partial charge in [-0.15, -0.1) is 0 Å². The summed E-state index contributed by atoms with van der Waals surface area (Å²) in [6.07, 6.45) is 5.62. The van der Waals surface area contributed by atoms with Crippen molar-refractivity contribution in [2.75, 3.05) is 12.3 Å². The van der Waals surface area contributed by atoms with Gasteiger partial charge in [-0.25, -0.2) is 18.7 Å². The molecule has 4 aromatic rings. The molecule has 0 radical (unpaired) electrons. The first-order valence-electron chi connectivity index (χ1n) is 11.6. The summed E-state index contributed by atoms with van der Waals surface area (Å²) in [4.78, 5) is 22.4. The largest absolute Gasteiger partial charge is 0.383 e. The first kappa shape index (κ1) is 23.9. The van der Waals surface area contributed by atoms with Gasteiger partial charge in [0.25, 0.3) is 0 Å². The van der Waals surface area contributed by atoms with Gasteiger partial charge in [0.15, 0.2) is 11.6 Å². The van der Waals surface area contributed by atoms with E-state index in [0.717, 1.165) is 0 Å². The van der Waals surface area contributed by atoms with Crippen molar-refractivity contribution in [2.24, 2.45) is 7.05 Å². The monoisotopic (exact) mass is 500 g/mol. The predicted molar refractivity (Wildman–Crippen MR) is 133 cm³/mol. The van der Waals surface area contributed by atoms with Crippen molar-refractivity contribution in [1.82, 2.24) is 29.2 Å². The molecule has 0 spiro atoms. The molecule has 0 unspecified atom stereocenters. The zero-order valence-corrected chi connectivity index (χ0v) is 19.9.